The Balaban J connectivity index is 2.27. The van der Waals surface area contributed by atoms with Gasteiger partial charge in [0, 0.05) is 29.9 Å². The van der Waals surface area contributed by atoms with Crippen LogP contribution in [0.5, 0.6) is 0 Å². The third kappa shape index (κ3) is 2.00. The highest BCUT2D eigenvalue weighted by Gasteiger charge is 2.16. The quantitative estimate of drug-likeness (QED) is 0.781. The lowest BCUT2D eigenvalue weighted by atomic mass is 10.0. The molecule has 3 rings (SSSR count). The lowest BCUT2D eigenvalue weighted by Crippen LogP contribution is -1.97. The van der Waals surface area contributed by atoms with Crippen molar-refractivity contribution >= 4 is 16.9 Å². The number of carboxylic acid groups (broad SMARTS) is 1. The van der Waals surface area contributed by atoms with Gasteiger partial charge >= 0.3 is 5.97 Å². The van der Waals surface area contributed by atoms with E-state index in [-0.39, 0.29) is 5.56 Å². The predicted molar refractivity (Wildman–Crippen MR) is 82.6 cm³/mol. The van der Waals surface area contributed by atoms with Gasteiger partial charge in [-0.1, -0.05) is 18.2 Å². The monoisotopic (exact) mass is 280 g/mol. The Morgan fingerprint density at radius 3 is 2.57 bits per heavy atom. The van der Waals surface area contributed by atoms with Gasteiger partial charge in [0.05, 0.1) is 16.8 Å². The highest BCUT2D eigenvalue weighted by Crippen LogP contribution is 2.34. The summed E-state index contributed by atoms with van der Waals surface area (Å²) < 4.78 is 2.16. The fourth-order valence-electron chi connectivity index (χ4n) is 2.83. The largest absolute Gasteiger partial charge is 0.478 e. The Hall–Kier alpha value is -2.62. The summed E-state index contributed by atoms with van der Waals surface area (Å²) in [5, 5.41) is 10.1. The van der Waals surface area contributed by atoms with Crippen molar-refractivity contribution in [2.24, 2.45) is 7.05 Å². The molecule has 0 atom stereocenters. The van der Waals surface area contributed by atoms with E-state index < -0.39 is 5.97 Å². The fourth-order valence-corrected chi connectivity index (χ4v) is 2.83. The van der Waals surface area contributed by atoms with Gasteiger partial charge < -0.3 is 9.67 Å². The maximum Gasteiger partial charge on any atom is 0.337 e. The number of hydrogen-bond acceptors (Lipinski definition) is 2. The van der Waals surface area contributed by atoms with Crippen molar-refractivity contribution in [3.8, 4) is 11.3 Å². The summed E-state index contributed by atoms with van der Waals surface area (Å²) in [6.07, 6.45) is 1.41. The van der Waals surface area contributed by atoms with Crippen molar-refractivity contribution in [2.45, 2.75) is 13.8 Å². The van der Waals surface area contributed by atoms with Gasteiger partial charge in [0.2, 0.25) is 0 Å². The maximum absolute atomic E-state index is 10.9. The first-order valence-corrected chi connectivity index (χ1v) is 6.75. The van der Waals surface area contributed by atoms with Crippen LogP contribution < -0.4 is 0 Å². The number of benzene rings is 1. The number of carboxylic acids is 1. The van der Waals surface area contributed by atoms with Crippen LogP contribution in [0, 0.1) is 13.8 Å². The first kappa shape index (κ1) is 13.4. The summed E-state index contributed by atoms with van der Waals surface area (Å²) >= 11 is 0. The number of fused-ring (bicyclic) bond motifs is 1. The van der Waals surface area contributed by atoms with Crippen LogP contribution >= 0.6 is 0 Å². The smallest absolute Gasteiger partial charge is 0.337 e. The zero-order valence-electron chi connectivity index (χ0n) is 12.2. The van der Waals surface area contributed by atoms with E-state index in [0.29, 0.717) is 0 Å². The highest BCUT2D eigenvalue weighted by molar-refractivity contribution is 5.99. The normalized spacial score (nSPS) is 11.0. The van der Waals surface area contributed by atoms with Gasteiger partial charge in [0.15, 0.2) is 0 Å². The molecule has 0 saturated heterocycles. The molecule has 1 N–H and O–H groups in total. The van der Waals surface area contributed by atoms with Gasteiger partial charge in [0.25, 0.3) is 0 Å². The van der Waals surface area contributed by atoms with Crippen molar-refractivity contribution in [2.75, 3.05) is 0 Å². The molecular formula is C17H16N2O2. The molecule has 4 heteroatoms. The minimum Gasteiger partial charge on any atom is -0.478 e. The number of aryl methyl sites for hydroxylation is 2. The Kier molecular flexibility index (Phi) is 3.01. The van der Waals surface area contributed by atoms with Gasteiger partial charge in [-0.15, -0.1) is 0 Å². The summed E-state index contributed by atoms with van der Waals surface area (Å²) in [4.78, 5) is 15.3. The van der Waals surface area contributed by atoms with E-state index in [4.69, 9.17) is 5.11 Å². The number of para-hydroxylation sites is 1. The number of rotatable bonds is 2. The molecule has 0 radical (unpaired) electrons. The van der Waals surface area contributed by atoms with Crippen LogP contribution in [-0.4, -0.2) is 20.6 Å². The number of pyridine rings is 1. The van der Waals surface area contributed by atoms with Crippen LogP contribution in [0.2, 0.25) is 0 Å². The minimum absolute atomic E-state index is 0.202. The van der Waals surface area contributed by atoms with Crippen molar-refractivity contribution in [1.82, 2.24) is 9.55 Å². The van der Waals surface area contributed by atoms with Crippen LogP contribution in [-0.2, 0) is 7.05 Å². The standard InChI is InChI=1S/C17H16N2O2/c1-10-5-4-6-13-15(11(2)19(3)16(10)13)14-8-7-12(9-18-14)17(20)21/h4-9H,1-3H3,(H,20,21). The molecule has 3 aromatic rings. The Labute approximate surface area is 122 Å². The summed E-state index contributed by atoms with van der Waals surface area (Å²) in [5.41, 5.74) is 5.59. The molecule has 21 heavy (non-hydrogen) atoms. The Bertz CT molecular complexity index is 845. The highest BCUT2D eigenvalue weighted by atomic mass is 16.4. The van der Waals surface area contributed by atoms with E-state index in [1.807, 2.05) is 13.1 Å². The number of aromatic carboxylic acids is 1. The van der Waals surface area contributed by atoms with E-state index in [1.54, 1.807) is 12.1 Å². The number of carbonyl (C=O) groups is 1. The van der Waals surface area contributed by atoms with Gasteiger partial charge in [-0.05, 0) is 31.5 Å². The summed E-state index contributed by atoms with van der Waals surface area (Å²) in [7, 11) is 2.04. The van der Waals surface area contributed by atoms with Crippen LogP contribution in [0.4, 0.5) is 0 Å². The molecule has 0 saturated carbocycles. The lowest BCUT2D eigenvalue weighted by Gasteiger charge is -2.02. The number of nitrogens with zero attached hydrogens (tertiary/aromatic N) is 2. The van der Waals surface area contributed by atoms with E-state index in [0.717, 1.165) is 22.3 Å². The topological polar surface area (TPSA) is 55.1 Å². The average molecular weight is 280 g/mol. The second-order valence-electron chi connectivity index (χ2n) is 5.23. The molecule has 2 aromatic heterocycles. The van der Waals surface area contributed by atoms with Crippen molar-refractivity contribution in [3.63, 3.8) is 0 Å². The Morgan fingerprint density at radius 1 is 1.19 bits per heavy atom. The lowest BCUT2D eigenvalue weighted by molar-refractivity contribution is 0.0696. The first-order chi connectivity index (χ1) is 10.0. The molecule has 0 spiro atoms. The summed E-state index contributed by atoms with van der Waals surface area (Å²) in [5.74, 6) is -0.959. The molecule has 0 aliphatic carbocycles. The molecule has 1 aromatic carbocycles. The van der Waals surface area contributed by atoms with E-state index in [2.05, 4.69) is 35.5 Å². The molecule has 0 aliphatic heterocycles. The molecule has 0 unspecified atom stereocenters. The van der Waals surface area contributed by atoms with E-state index in [1.165, 1.54) is 17.3 Å². The molecule has 0 aliphatic rings. The van der Waals surface area contributed by atoms with Crippen LogP contribution in [0.3, 0.4) is 0 Å². The summed E-state index contributed by atoms with van der Waals surface area (Å²) in [6.45, 7) is 4.15. The van der Waals surface area contributed by atoms with Gasteiger partial charge in [-0.3, -0.25) is 4.98 Å². The molecule has 106 valence electrons. The third-order valence-electron chi connectivity index (χ3n) is 3.97. The zero-order chi connectivity index (χ0) is 15.1. The third-order valence-corrected chi connectivity index (χ3v) is 3.97. The minimum atomic E-state index is -0.959. The average Bonchev–Trinajstić information content (AvgIpc) is 2.72. The molecular weight excluding hydrogens is 264 g/mol. The second-order valence-corrected chi connectivity index (χ2v) is 5.23. The predicted octanol–water partition coefficient (Wildman–Crippen LogP) is 3.56. The van der Waals surface area contributed by atoms with Gasteiger partial charge in [-0.2, -0.15) is 0 Å². The molecule has 2 heterocycles. The Morgan fingerprint density at radius 2 is 1.95 bits per heavy atom. The SMILES string of the molecule is Cc1cccc2c(-c3ccc(C(=O)O)cn3)c(C)n(C)c12. The maximum atomic E-state index is 10.9. The van der Waals surface area contributed by atoms with Crippen LogP contribution in [0.1, 0.15) is 21.6 Å². The van der Waals surface area contributed by atoms with Gasteiger partial charge in [-0.25, -0.2) is 4.79 Å². The van der Waals surface area contributed by atoms with Crippen LogP contribution in [0.15, 0.2) is 36.5 Å². The molecule has 0 bridgehead atoms. The summed E-state index contributed by atoms with van der Waals surface area (Å²) in [6, 6.07) is 9.57. The van der Waals surface area contributed by atoms with Crippen molar-refractivity contribution < 1.29 is 9.90 Å². The fraction of sp³-hybridized carbons (Fsp3) is 0.176. The van der Waals surface area contributed by atoms with E-state index >= 15 is 0 Å². The van der Waals surface area contributed by atoms with Crippen molar-refractivity contribution in [1.29, 1.82) is 0 Å². The van der Waals surface area contributed by atoms with Crippen molar-refractivity contribution in [3.05, 3.63) is 53.3 Å². The van der Waals surface area contributed by atoms with E-state index in [9.17, 15) is 4.79 Å². The number of hydrogen-bond donors (Lipinski definition) is 1. The molecule has 0 amide bonds. The molecule has 4 nitrogen and oxygen atoms in total. The second kappa shape index (κ2) is 4.74. The zero-order valence-corrected chi connectivity index (χ0v) is 12.2. The number of aromatic nitrogens is 2. The first-order valence-electron chi connectivity index (χ1n) is 6.75. The molecule has 0 fully saturated rings. The van der Waals surface area contributed by atoms with Crippen LogP contribution in [0.25, 0.3) is 22.2 Å². The van der Waals surface area contributed by atoms with Gasteiger partial charge in [0.1, 0.15) is 0 Å².